The minimum atomic E-state index is 0.288. The lowest BCUT2D eigenvalue weighted by Crippen LogP contribution is -2.34. The van der Waals surface area contributed by atoms with Crippen molar-refractivity contribution in [1.82, 2.24) is 15.1 Å². The second-order valence-electron chi connectivity index (χ2n) is 4.17. The standard InChI is InChI=1S/C10H21N3O/c1-11-9-4-7-13(8-9)10(14)5-6-12(2)3/h9,11H,4-8H2,1-3H3. The van der Waals surface area contributed by atoms with Crippen LogP contribution in [0, 0.1) is 0 Å². The van der Waals surface area contributed by atoms with E-state index in [1.807, 2.05) is 30.9 Å². The van der Waals surface area contributed by atoms with E-state index in [1.54, 1.807) is 0 Å². The molecule has 1 atom stereocenters. The first kappa shape index (κ1) is 11.5. The van der Waals surface area contributed by atoms with Crippen molar-refractivity contribution in [2.75, 3.05) is 40.8 Å². The molecule has 1 heterocycles. The van der Waals surface area contributed by atoms with Crippen LogP contribution >= 0.6 is 0 Å². The maximum absolute atomic E-state index is 11.7. The van der Waals surface area contributed by atoms with E-state index in [1.165, 1.54) is 0 Å². The second-order valence-corrected chi connectivity index (χ2v) is 4.17. The zero-order valence-corrected chi connectivity index (χ0v) is 9.42. The molecule has 0 bridgehead atoms. The number of hydrogen-bond acceptors (Lipinski definition) is 3. The third kappa shape index (κ3) is 3.27. The van der Waals surface area contributed by atoms with Crippen molar-refractivity contribution >= 4 is 5.91 Å². The molecule has 1 fully saturated rings. The molecule has 0 radical (unpaired) electrons. The van der Waals surface area contributed by atoms with Gasteiger partial charge in [0, 0.05) is 32.1 Å². The van der Waals surface area contributed by atoms with Crippen molar-refractivity contribution in [3.05, 3.63) is 0 Å². The molecule has 1 amide bonds. The molecule has 0 spiro atoms. The molecular weight excluding hydrogens is 178 g/mol. The lowest BCUT2D eigenvalue weighted by Gasteiger charge is -2.17. The first-order valence-electron chi connectivity index (χ1n) is 5.23. The van der Waals surface area contributed by atoms with Crippen molar-refractivity contribution < 1.29 is 4.79 Å². The van der Waals surface area contributed by atoms with E-state index in [9.17, 15) is 4.79 Å². The van der Waals surface area contributed by atoms with Crippen molar-refractivity contribution in [2.24, 2.45) is 0 Å². The fraction of sp³-hybridized carbons (Fsp3) is 0.900. The van der Waals surface area contributed by atoms with E-state index in [0.717, 1.165) is 26.1 Å². The molecule has 4 heteroatoms. The predicted molar refractivity (Wildman–Crippen MR) is 57.2 cm³/mol. The normalized spacial score (nSPS) is 22.0. The Bertz CT molecular complexity index is 194. The molecule has 0 aliphatic carbocycles. The number of likely N-dealkylation sites (N-methyl/N-ethyl adjacent to an activating group) is 1. The molecule has 0 aromatic rings. The maximum Gasteiger partial charge on any atom is 0.223 e. The van der Waals surface area contributed by atoms with E-state index < -0.39 is 0 Å². The summed E-state index contributed by atoms with van der Waals surface area (Å²) in [5.41, 5.74) is 0. The maximum atomic E-state index is 11.7. The Morgan fingerprint density at radius 3 is 2.79 bits per heavy atom. The van der Waals surface area contributed by atoms with Gasteiger partial charge in [0.1, 0.15) is 0 Å². The summed E-state index contributed by atoms with van der Waals surface area (Å²) in [5.74, 6) is 0.288. The van der Waals surface area contributed by atoms with Gasteiger partial charge < -0.3 is 15.1 Å². The smallest absolute Gasteiger partial charge is 0.223 e. The average Bonchev–Trinajstić information content (AvgIpc) is 2.62. The number of nitrogens with one attached hydrogen (secondary N) is 1. The Balaban J connectivity index is 2.25. The summed E-state index contributed by atoms with van der Waals surface area (Å²) in [7, 11) is 5.94. The number of hydrogen-bond donors (Lipinski definition) is 1. The van der Waals surface area contributed by atoms with E-state index in [2.05, 4.69) is 5.32 Å². The topological polar surface area (TPSA) is 35.6 Å². The number of rotatable bonds is 4. The minimum Gasteiger partial charge on any atom is -0.341 e. The Hall–Kier alpha value is -0.610. The fourth-order valence-corrected chi connectivity index (χ4v) is 1.70. The highest BCUT2D eigenvalue weighted by Crippen LogP contribution is 2.09. The van der Waals surface area contributed by atoms with Gasteiger partial charge in [0.15, 0.2) is 0 Å². The van der Waals surface area contributed by atoms with Crippen LogP contribution in [0.1, 0.15) is 12.8 Å². The van der Waals surface area contributed by atoms with Crippen molar-refractivity contribution in [3.8, 4) is 0 Å². The first-order valence-corrected chi connectivity index (χ1v) is 5.23. The molecule has 1 aliphatic heterocycles. The van der Waals surface area contributed by atoms with Gasteiger partial charge in [-0.3, -0.25) is 4.79 Å². The van der Waals surface area contributed by atoms with Crippen LogP contribution < -0.4 is 5.32 Å². The summed E-state index contributed by atoms with van der Waals surface area (Å²) in [6.45, 7) is 2.64. The fourth-order valence-electron chi connectivity index (χ4n) is 1.70. The lowest BCUT2D eigenvalue weighted by atomic mass is 10.3. The van der Waals surface area contributed by atoms with Crippen molar-refractivity contribution in [1.29, 1.82) is 0 Å². The van der Waals surface area contributed by atoms with Gasteiger partial charge in [-0.15, -0.1) is 0 Å². The molecule has 1 rings (SSSR count). The molecule has 0 aromatic carbocycles. The number of nitrogens with zero attached hydrogens (tertiary/aromatic N) is 2. The Morgan fingerprint density at radius 1 is 1.57 bits per heavy atom. The van der Waals surface area contributed by atoms with E-state index in [0.29, 0.717) is 12.5 Å². The van der Waals surface area contributed by atoms with Gasteiger partial charge in [-0.2, -0.15) is 0 Å². The number of carbonyl (C=O) groups excluding carboxylic acids is 1. The third-order valence-corrected chi connectivity index (χ3v) is 2.72. The van der Waals surface area contributed by atoms with Gasteiger partial charge in [-0.1, -0.05) is 0 Å². The molecule has 0 aromatic heterocycles. The molecule has 14 heavy (non-hydrogen) atoms. The highest BCUT2D eigenvalue weighted by Gasteiger charge is 2.24. The Morgan fingerprint density at radius 2 is 2.29 bits per heavy atom. The summed E-state index contributed by atoms with van der Waals surface area (Å²) in [4.78, 5) is 15.7. The van der Waals surface area contributed by atoms with Gasteiger partial charge in [0.2, 0.25) is 5.91 Å². The first-order chi connectivity index (χ1) is 6.63. The quantitative estimate of drug-likeness (QED) is 0.678. The third-order valence-electron chi connectivity index (χ3n) is 2.72. The Labute approximate surface area is 86.2 Å². The largest absolute Gasteiger partial charge is 0.341 e. The van der Waals surface area contributed by atoms with Crippen LogP contribution in [0.2, 0.25) is 0 Å². The highest BCUT2D eigenvalue weighted by atomic mass is 16.2. The predicted octanol–water partition coefficient (Wildman–Crippen LogP) is -0.242. The number of amides is 1. The molecule has 1 N–H and O–H groups in total. The van der Waals surface area contributed by atoms with Crippen LogP contribution in [0.3, 0.4) is 0 Å². The van der Waals surface area contributed by atoms with Crippen LogP contribution in [0.25, 0.3) is 0 Å². The van der Waals surface area contributed by atoms with Gasteiger partial charge in [0.05, 0.1) is 0 Å². The molecule has 0 saturated carbocycles. The van der Waals surface area contributed by atoms with Crippen LogP contribution in [0.5, 0.6) is 0 Å². The van der Waals surface area contributed by atoms with Crippen molar-refractivity contribution in [2.45, 2.75) is 18.9 Å². The average molecular weight is 199 g/mol. The van der Waals surface area contributed by atoms with E-state index in [4.69, 9.17) is 0 Å². The zero-order chi connectivity index (χ0) is 10.6. The Kier molecular flexibility index (Phi) is 4.35. The van der Waals surface area contributed by atoms with Crippen LogP contribution in [0.15, 0.2) is 0 Å². The number of carbonyl (C=O) groups is 1. The van der Waals surface area contributed by atoms with Crippen molar-refractivity contribution in [3.63, 3.8) is 0 Å². The van der Waals surface area contributed by atoms with Gasteiger partial charge in [0.25, 0.3) is 0 Å². The second kappa shape index (κ2) is 5.32. The number of likely N-dealkylation sites (tertiary alicyclic amines) is 1. The van der Waals surface area contributed by atoms with E-state index in [-0.39, 0.29) is 5.91 Å². The summed E-state index contributed by atoms with van der Waals surface area (Å²) in [6, 6.07) is 0.498. The van der Waals surface area contributed by atoms with Crippen LogP contribution in [-0.4, -0.2) is 62.5 Å². The summed E-state index contributed by atoms with van der Waals surface area (Å²) < 4.78 is 0. The molecule has 1 aliphatic rings. The molecule has 4 nitrogen and oxygen atoms in total. The zero-order valence-electron chi connectivity index (χ0n) is 9.42. The van der Waals surface area contributed by atoms with E-state index >= 15 is 0 Å². The molecule has 1 unspecified atom stereocenters. The molecule has 1 saturated heterocycles. The minimum absolute atomic E-state index is 0.288. The molecular formula is C10H21N3O. The highest BCUT2D eigenvalue weighted by molar-refractivity contribution is 5.76. The summed E-state index contributed by atoms with van der Waals surface area (Å²) in [6.07, 6.45) is 1.73. The lowest BCUT2D eigenvalue weighted by molar-refractivity contribution is -0.130. The van der Waals surface area contributed by atoms with Crippen LogP contribution in [-0.2, 0) is 4.79 Å². The van der Waals surface area contributed by atoms with Gasteiger partial charge in [-0.05, 0) is 27.6 Å². The van der Waals surface area contributed by atoms with Gasteiger partial charge in [-0.25, -0.2) is 0 Å². The summed E-state index contributed by atoms with van der Waals surface area (Å²) in [5, 5.41) is 3.21. The monoisotopic (exact) mass is 199 g/mol. The molecule has 82 valence electrons. The SMILES string of the molecule is CNC1CCN(C(=O)CCN(C)C)C1. The van der Waals surface area contributed by atoms with Crippen LogP contribution in [0.4, 0.5) is 0 Å². The summed E-state index contributed by atoms with van der Waals surface area (Å²) >= 11 is 0. The van der Waals surface area contributed by atoms with Gasteiger partial charge >= 0.3 is 0 Å².